The maximum Gasteiger partial charge on any atom is 1.00 e. The van der Waals surface area contributed by atoms with Crippen molar-refractivity contribution in [2.75, 3.05) is 10.6 Å². The molecule has 3 N–H and O–H groups in total. The van der Waals surface area contributed by atoms with Crippen LogP contribution in [-0.2, 0) is 10.1 Å². The molecule has 5 aromatic rings. The van der Waals surface area contributed by atoms with Gasteiger partial charge < -0.3 is 55.1 Å². The second kappa shape index (κ2) is 23.5. The van der Waals surface area contributed by atoms with Gasteiger partial charge in [-0.15, -0.1) is 5.39 Å². The van der Waals surface area contributed by atoms with Crippen LogP contribution in [-0.4, -0.2) is 50.9 Å². The smallest absolute Gasteiger partial charge is 0.844 e. The van der Waals surface area contributed by atoms with Crippen molar-refractivity contribution in [1.29, 1.82) is 0 Å². The number of carbonyl (C=O) groups is 3. The summed E-state index contributed by atoms with van der Waals surface area (Å²) < 4.78 is 35.7. The van der Waals surface area contributed by atoms with Crippen molar-refractivity contribution >= 4 is 73.4 Å². The molecule has 0 atom stereocenters. The van der Waals surface area contributed by atoms with E-state index >= 15 is 0 Å². The average Bonchev–Trinajstić information content (AvgIpc) is 2.99. The molecule has 0 aliphatic carbocycles. The average molecular weight is 793 g/mol. The van der Waals surface area contributed by atoms with Crippen LogP contribution in [0.25, 0.3) is 10.8 Å². The van der Waals surface area contributed by atoms with Crippen LogP contribution in [0.5, 0.6) is 11.8 Å². The number of rotatable bonds is 10. The van der Waals surface area contributed by atoms with Gasteiger partial charge >= 0.3 is 177 Å². The van der Waals surface area contributed by atoms with Gasteiger partial charge in [0.05, 0.1) is 29.6 Å². The molecule has 0 radical (unpaired) electrons. The molecule has 18 nitrogen and oxygen atoms in total. The molecule has 0 unspecified atom stereocenters. The molecule has 5 rings (SSSR count). The number of benzene rings is 4. The second-order valence-corrected chi connectivity index (χ2v) is 10.6. The fourth-order valence-electron chi connectivity index (χ4n) is 4.16. The summed E-state index contributed by atoms with van der Waals surface area (Å²) in [5.74, 6) is -6.79. The number of fused-ring (bicyclic) bond motifs is 1. The van der Waals surface area contributed by atoms with E-state index in [0.29, 0.717) is 0 Å². The first-order chi connectivity index (χ1) is 22.2. The molecular weight excluding hydrogens is 780 g/mol. The van der Waals surface area contributed by atoms with Gasteiger partial charge in [-0.3, -0.25) is 0 Å². The van der Waals surface area contributed by atoms with Crippen LogP contribution in [0.3, 0.4) is 0 Å². The van der Waals surface area contributed by atoms with E-state index in [-0.39, 0.29) is 216 Å². The summed E-state index contributed by atoms with van der Waals surface area (Å²) in [6, 6.07) is 12.3. The van der Waals surface area contributed by atoms with E-state index in [0.717, 1.165) is 36.4 Å². The predicted octanol–water partition coefficient (Wildman–Crippen LogP) is -18.5. The second-order valence-electron chi connectivity index (χ2n) is 9.27. The third kappa shape index (κ3) is 14.0. The van der Waals surface area contributed by atoms with E-state index in [1.807, 2.05) is 0 Å². The summed E-state index contributed by atoms with van der Waals surface area (Å²) in [4.78, 5) is 44.3. The Morgan fingerprint density at radius 3 is 1.87 bits per heavy atom. The van der Waals surface area contributed by atoms with E-state index < -0.39 is 67.7 Å². The van der Waals surface area contributed by atoms with Gasteiger partial charge in [-0.1, -0.05) is 29.7 Å². The zero-order chi connectivity index (χ0) is 34.0. The van der Waals surface area contributed by atoms with Gasteiger partial charge in [-0.25, -0.2) is 18.4 Å². The van der Waals surface area contributed by atoms with Crippen LogP contribution in [0, 0.1) is 6.07 Å². The molecule has 0 saturated heterocycles. The van der Waals surface area contributed by atoms with Crippen LogP contribution < -0.4 is 208 Å². The van der Waals surface area contributed by atoms with Gasteiger partial charge in [-0.2, -0.15) is 27.3 Å². The minimum atomic E-state index is -5.09. The largest absolute Gasteiger partial charge is 1.00 e. The molecule has 4 aromatic carbocycles. The molecule has 0 fully saturated rings. The summed E-state index contributed by atoms with van der Waals surface area (Å²) in [5, 5.41) is 69.8. The van der Waals surface area contributed by atoms with Crippen molar-refractivity contribution in [2.24, 2.45) is 10.2 Å². The number of nitrogens with one attached hydrogen (secondary N) is 2. The Morgan fingerprint density at radius 1 is 0.755 bits per heavy atom. The van der Waals surface area contributed by atoms with Gasteiger partial charge in [0.1, 0.15) is 10.1 Å². The third-order valence-electron chi connectivity index (χ3n) is 6.16. The summed E-state index contributed by atoms with van der Waals surface area (Å²) in [6.45, 7) is 0. The topological polar surface area (TPSA) is 308 Å². The minimum absolute atomic E-state index is 0. The van der Waals surface area contributed by atoms with Crippen molar-refractivity contribution in [3.05, 3.63) is 83.4 Å². The number of carboxylic acids is 3. The number of hydrogen-bond acceptors (Lipinski definition) is 18. The van der Waals surface area contributed by atoms with Crippen LogP contribution in [0.4, 0.5) is 34.6 Å². The number of nitrogens with zero attached hydrogens (tertiary/aromatic N) is 5. The Labute approximate surface area is 432 Å². The van der Waals surface area contributed by atoms with Gasteiger partial charge in [0.25, 0.3) is 0 Å². The van der Waals surface area contributed by atoms with E-state index in [4.69, 9.17) is 0 Å². The number of anilines is 4. The third-order valence-corrected chi connectivity index (χ3v) is 6.97. The number of phenols is 1. The van der Waals surface area contributed by atoms with Gasteiger partial charge in [0.15, 0.2) is 0 Å². The number of aromatic nitrogens is 3. The number of azo groups is 1. The maximum absolute atomic E-state index is 12.3. The number of phenolic OH excluding ortho intramolecular Hbond substituents is 1. The van der Waals surface area contributed by atoms with E-state index in [2.05, 4.69) is 41.9 Å². The SMILES string of the molecule is O=C([O-])c1cc(Nc2nc([O-])nc(Nc3cc(S(=O)(=O)[O-])cc4c[c-]c(N=Nc5ccccc5C(=O)[O-])c(O)c34)n2)cc(C(=O)[O-])c1.[Na+].[Na+].[Na+].[Na+].[Na+].[Na+]. The van der Waals surface area contributed by atoms with Crippen molar-refractivity contribution < 1.29 is 230 Å². The first-order valence-electron chi connectivity index (χ1n) is 12.6. The Kier molecular flexibility index (Phi) is 24.1. The summed E-state index contributed by atoms with van der Waals surface area (Å²) in [7, 11) is -5.09. The van der Waals surface area contributed by atoms with Gasteiger partial charge in [0.2, 0.25) is 11.9 Å². The Hall–Kier alpha value is -0.730. The molecule has 53 heavy (non-hydrogen) atoms. The molecule has 0 spiro atoms. The van der Waals surface area contributed by atoms with E-state index in [9.17, 15) is 52.9 Å². The number of carbonyl (C=O) groups excluding carboxylic acids is 3. The fraction of sp³-hybridized carbons (Fsp3) is 0. The number of carboxylic acid groups (broad SMARTS) is 3. The molecule has 0 amide bonds. The number of aromatic carboxylic acids is 3. The maximum atomic E-state index is 12.3. The molecule has 238 valence electrons. The molecule has 0 saturated carbocycles. The molecule has 0 aliphatic heterocycles. The molecule has 1 aromatic heterocycles. The predicted molar refractivity (Wildman–Crippen MR) is 148 cm³/mol. The Morgan fingerprint density at radius 2 is 1.32 bits per heavy atom. The first-order valence-corrected chi connectivity index (χ1v) is 14.0. The summed E-state index contributed by atoms with van der Waals surface area (Å²) in [6.07, 6.45) is 0. The van der Waals surface area contributed by atoms with Crippen LogP contribution in [0.1, 0.15) is 31.1 Å². The molecule has 0 aliphatic rings. The summed E-state index contributed by atoms with van der Waals surface area (Å²) >= 11 is 0. The number of aromatic hydroxyl groups is 1. The zero-order valence-corrected chi connectivity index (χ0v) is 41.8. The van der Waals surface area contributed by atoms with Crippen molar-refractivity contribution in [3.63, 3.8) is 0 Å². The standard InChI is InChI=1S/C28H18N7O11S.6Na/c36-22-19(35-34-18-4-2-1-3-17(18)25(41)42)6-5-12-10-16(47(44,45)46)11-20(21(12)22)30-27-31-26(32-28(43)33-27)29-15-8-13(23(37)38)7-14(9-15)24(39)40;;;;;;/h1-5,7-11,36H,(H,37,38)(H,39,40)(H,41,42)(H,44,45,46)(H3,29,30,31,32,33,43);;;;;;/q-1;6*+1/p-5. The van der Waals surface area contributed by atoms with Crippen molar-refractivity contribution in [3.8, 4) is 11.8 Å². The van der Waals surface area contributed by atoms with Crippen LogP contribution in [0.2, 0.25) is 0 Å². The Bertz CT molecular complexity index is 2250. The van der Waals surface area contributed by atoms with Crippen molar-refractivity contribution in [2.45, 2.75) is 4.90 Å². The molecule has 1 heterocycles. The molecule has 25 heteroatoms. The monoisotopic (exact) mass is 793 g/mol. The molecule has 0 bridgehead atoms. The van der Waals surface area contributed by atoms with Crippen LogP contribution in [0.15, 0.2) is 75.8 Å². The quantitative estimate of drug-likeness (QED) is 0.0512. The van der Waals surface area contributed by atoms with Crippen molar-refractivity contribution in [1.82, 2.24) is 15.0 Å². The van der Waals surface area contributed by atoms with Gasteiger partial charge in [0, 0.05) is 33.3 Å². The van der Waals surface area contributed by atoms with E-state index in [1.165, 1.54) is 24.3 Å². The number of hydrogen-bond donors (Lipinski definition) is 3. The fourth-order valence-corrected chi connectivity index (χ4v) is 4.69. The minimum Gasteiger partial charge on any atom is -0.844 e. The Balaban J connectivity index is 0. The van der Waals surface area contributed by atoms with Crippen LogP contribution >= 0.6 is 0 Å². The first kappa shape index (κ1) is 54.4. The van der Waals surface area contributed by atoms with E-state index in [1.54, 1.807) is 0 Å². The van der Waals surface area contributed by atoms with Gasteiger partial charge in [-0.05, 0) is 41.5 Å². The molecular formula is C28H13N7Na6O11S. The normalized spacial score (nSPS) is 10.1. The summed E-state index contributed by atoms with van der Waals surface area (Å²) in [5.41, 5.74) is -2.47. The zero-order valence-electron chi connectivity index (χ0n) is 28.9.